The molecule has 1 rings (SSSR count). The monoisotopic (exact) mass is 264 g/mol. The Morgan fingerprint density at radius 1 is 1.65 bits per heavy atom. The number of esters is 1. The number of pyridine rings is 1. The lowest BCUT2D eigenvalue weighted by Gasteiger charge is -2.10. The normalized spacial score (nSPS) is 10.7. The summed E-state index contributed by atoms with van der Waals surface area (Å²) in [7, 11) is 0. The smallest absolute Gasteiger partial charge is 0.340 e. The van der Waals surface area contributed by atoms with Crippen molar-refractivity contribution in [2.45, 2.75) is 19.9 Å². The zero-order valence-electron chi connectivity index (χ0n) is 9.04. The standard InChI is InChI=1S/C10H11ClF2N2O2/c1-2-17-10(16)5-3-6(9(12)13)8(11)15-7(5)4-14/h3,9H,2,4,14H2,1H3. The number of hydrogen-bond acceptors (Lipinski definition) is 4. The molecule has 0 aromatic carbocycles. The molecule has 0 unspecified atom stereocenters. The lowest BCUT2D eigenvalue weighted by atomic mass is 10.1. The third-order valence-electron chi connectivity index (χ3n) is 2.01. The molecule has 0 bridgehead atoms. The predicted octanol–water partition coefficient (Wildman–Crippen LogP) is 2.31. The molecular formula is C10H11ClF2N2O2. The molecule has 0 aliphatic rings. The van der Waals surface area contributed by atoms with Crippen LogP contribution >= 0.6 is 11.6 Å². The summed E-state index contributed by atoms with van der Waals surface area (Å²) < 4.78 is 29.9. The topological polar surface area (TPSA) is 65.2 Å². The largest absolute Gasteiger partial charge is 0.462 e. The van der Waals surface area contributed by atoms with Gasteiger partial charge in [0.05, 0.1) is 23.4 Å². The van der Waals surface area contributed by atoms with Crippen LogP contribution in [-0.2, 0) is 11.3 Å². The van der Waals surface area contributed by atoms with Gasteiger partial charge in [-0.25, -0.2) is 18.6 Å². The number of halogens is 3. The van der Waals surface area contributed by atoms with E-state index in [-0.39, 0.29) is 29.6 Å². The van der Waals surface area contributed by atoms with E-state index in [0.717, 1.165) is 6.07 Å². The summed E-state index contributed by atoms with van der Waals surface area (Å²) in [5, 5.41) is -0.353. The van der Waals surface area contributed by atoms with Crippen molar-refractivity contribution in [3.8, 4) is 0 Å². The van der Waals surface area contributed by atoms with Gasteiger partial charge in [-0.05, 0) is 13.0 Å². The molecular weight excluding hydrogens is 254 g/mol. The molecule has 1 aromatic rings. The van der Waals surface area contributed by atoms with E-state index in [9.17, 15) is 13.6 Å². The van der Waals surface area contributed by atoms with Crippen molar-refractivity contribution in [2.75, 3.05) is 6.61 Å². The van der Waals surface area contributed by atoms with Crippen LogP contribution in [0.5, 0.6) is 0 Å². The quantitative estimate of drug-likeness (QED) is 0.669. The highest BCUT2D eigenvalue weighted by Gasteiger charge is 2.21. The number of nitrogens with zero attached hydrogens (tertiary/aromatic N) is 1. The summed E-state index contributed by atoms with van der Waals surface area (Å²) in [6.45, 7) is 1.66. The number of rotatable bonds is 4. The minimum Gasteiger partial charge on any atom is -0.462 e. The molecule has 17 heavy (non-hydrogen) atoms. The maximum Gasteiger partial charge on any atom is 0.340 e. The number of carbonyl (C=O) groups is 1. The van der Waals surface area contributed by atoms with Crippen molar-refractivity contribution < 1.29 is 18.3 Å². The predicted molar refractivity (Wildman–Crippen MR) is 58.1 cm³/mol. The molecule has 0 spiro atoms. The number of hydrogen-bond donors (Lipinski definition) is 1. The zero-order valence-corrected chi connectivity index (χ0v) is 9.80. The number of carbonyl (C=O) groups excluding carboxylic acids is 1. The van der Waals surface area contributed by atoms with Gasteiger partial charge in [0.2, 0.25) is 0 Å². The average molecular weight is 265 g/mol. The van der Waals surface area contributed by atoms with Gasteiger partial charge in [0.1, 0.15) is 5.15 Å². The average Bonchev–Trinajstić information content (AvgIpc) is 2.28. The molecule has 0 saturated carbocycles. The summed E-state index contributed by atoms with van der Waals surface area (Å²) in [5.41, 5.74) is 4.92. The second kappa shape index (κ2) is 5.88. The first-order chi connectivity index (χ1) is 8.01. The zero-order chi connectivity index (χ0) is 13.0. The second-order valence-corrected chi connectivity index (χ2v) is 3.45. The summed E-state index contributed by atoms with van der Waals surface area (Å²) >= 11 is 5.56. The number of aromatic nitrogens is 1. The molecule has 7 heteroatoms. The van der Waals surface area contributed by atoms with Crippen LogP contribution in [0.15, 0.2) is 6.07 Å². The van der Waals surface area contributed by atoms with Gasteiger partial charge in [0, 0.05) is 6.54 Å². The highest BCUT2D eigenvalue weighted by molar-refractivity contribution is 6.30. The Hall–Kier alpha value is -1.27. The maximum absolute atomic E-state index is 12.6. The molecule has 0 aliphatic carbocycles. The molecule has 0 aliphatic heterocycles. The van der Waals surface area contributed by atoms with E-state index in [1.54, 1.807) is 6.92 Å². The Morgan fingerprint density at radius 2 is 2.29 bits per heavy atom. The van der Waals surface area contributed by atoms with Crippen LogP contribution in [0.2, 0.25) is 5.15 Å². The molecule has 94 valence electrons. The minimum absolute atomic E-state index is 0.0750. The maximum atomic E-state index is 12.6. The highest BCUT2D eigenvalue weighted by Crippen LogP contribution is 2.27. The van der Waals surface area contributed by atoms with E-state index in [0.29, 0.717) is 0 Å². The van der Waals surface area contributed by atoms with Crippen molar-refractivity contribution in [2.24, 2.45) is 5.73 Å². The number of ether oxygens (including phenoxy) is 1. The molecule has 0 amide bonds. The molecule has 2 N–H and O–H groups in total. The minimum atomic E-state index is -2.81. The first-order valence-corrected chi connectivity index (χ1v) is 5.23. The fraction of sp³-hybridized carbons (Fsp3) is 0.400. The Balaban J connectivity index is 3.26. The van der Waals surface area contributed by atoms with Gasteiger partial charge >= 0.3 is 5.97 Å². The summed E-state index contributed by atoms with van der Waals surface area (Å²) in [5.74, 6) is -0.737. The number of alkyl halides is 2. The molecule has 0 atom stereocenters. The van der Waals surface area contributed by atoms with Gasteiger partial charge in [0.25, 0.3) is 6.43 Å². The van der Waals surface area contributed by atoms with E-state index in [4.69, 9.17) is 22.1 Å². The van der Waals surface area contributed by atoms with Crippen LogP contribution in [0, 0.1) is 0 Å². The van der Waals surface area contributed by atoms with E-state index in [1.807, 2.05) is 0 Å². The van der Waals surface area contributed by atoms with Gasteiger partial charge in [-0.15, -0.1) is 0 Å². The van der Waals surface area contributed by atoms with Crippen LogP contribution in [-0.4, -0.2) is 17.6 Å². The van der Waals surface area contributed by atoms with Gasteiger partial charge in [-0.1, -0.05) is 11.6 Å². The van der Waals surface area contributed by atoms with Crippen molar-refractivity contribution >= 4 is 17.6 Å². The van der Waals surface area contributed by atoms with Crippen molar-refractivity contribution in [1.82, 2.24) is 4.98 Å². The fourth-order valence-corrected chi connectivity index (χ4v) is 1.47. The summed E-state index contributed by atoms with van der Waals surface area (Å²) in [6, 6.07) is 0.972. The second-order valence-electron chi connectivity index (χ2n) is 3.09. The Labute approximate surface area is 102 Å². The van der Waals surface area contributed by atoms with Crippen LogP contribution in [0.1, 0.15) is 35.0 Å². The van der Waals surface area contributed by atoms with Gasteiger partial charge in [-0.3, -0.25) is 0 Å². The first-order valence-electron chi connectivity index (χ1n) is 4.85. The van der Waals surface area contributed by atoms with Crippen LogP contribution in [0.3, 0.4) is 0 Å². The Kier molecular flexibility index (Phi) is 4.77. The third-order valence-corrected chi connectivity index (χ3v) is 2.31. The van der Waals surface area contributed by atoms with Crippen LogP contribution in [0.4, 0.5) is 8.78 Å². The molecule has 1 aromatic heterocycles. The highest BCUT2D eigenvalue weighted by atomic mass is 35.5. The molecule has 4 nitrogen and oxygen atoms in total. The first kappa shape index (κ1) is 13.8. The molecule has 0 saturated heterocycles. The summed E-state index contributed by atoms with van der Waals surface area (Å²) in [4.78, 5) is 15.2. The Bertz CT molecular complexity index is 427. The van der Waals surface area contributed by atoms with Gasteiger partial charge < -0.3 is 10.5 Å². The van der Waals surface area contributed by atoms with E-state index < -0.39 is 18.0 Å². The Morgan fingerprint density at radius 3 is 2.76 bits per heavy atom. The van der Waals surface area contributed by atoms with E-state index >= 15 is 0 Å². The van der Waals surface area contributed by atoms with Crippen molar-refractivity contribution in [3.63, 3.8) is 0 Å². The SMILES string of the molecule is CCOC(=O)c1cc(C(F)F)c(Cl)nc1CN. The van der Waals surface area contributed by atoms with Gasteiger partial charge in [-0.2, -0.15) is 0 Å². The fourth-order valence-electron chi connectivity index (χ4n) is 1.24. The molecule has 1 heterocycles. The summed E-state index contributed by atoms with van der Waals surface area (Å²) in [6.07, 6.45) is -2.81. The number of nitrogens with two attached hydrogens (primary N) is 1. The molecule has 0 radical (unpaired) electrons. The van der Waals surface area contributed by atoms with E-state index in [2.05, 4.69) is 4.98 Å². The van der Waals surface area contributed by atoms with E-state index in [1.165, 1.54) is 0 Å². The van der Waals surface area contributed by atoms with Gasteiger partial charge in [0.15, 0.2) is 0 Å². The van der Waals surface area contributed by atoms with Crippen molar-refractivity contribution in [3.05, 3.63) is 28.0 Å². The lowest BCUT2D eigenvalue weighted by Crippen LogP contribution is -2.14. The van der Waals surface area contributed by atoms with Crippen LogP contribution in [0.25, 0.3) is 0 Å². The molecule has 0 fully saturated rings. The van der Waals surface area contributed by atoms with Crippen LogP contribution < -0.4 is 5.73 Å². The third kappa shape index (κ3) is 3.10. The lowest BCUT2D eigenvalue weighted by molar-refractivity contribution is 0.0524. The van der Waals surface area contributed by atoms with Crippen molar-refractivity contribution in [1.29, 1.82) is 0 Å².